The summed E-state index contributed by atoms with van der Waals surface area (Å²) in [6.07, 6.45) is 0. The molecule has 1 amide bonds. The molecule has 2 aromatic rings. The first kappa shape index (κ1) is 21.0. The Bertz CT molecular complexity index is 851. The quantitative estimate of drug-likeness (QED) is 0.696. The van der Waals surface area contributed by atoms with Gasteiger partial charge in [0.25, 0.3) is 5.91 Å². The van der Waals surface area contributed by atoms with Gasteiger partial charge in [-0.3, -0.25) is 4.79 Å². The number of aryl methyl sites for hydroxylation is 1. The summed E-state index contributed by atoms with van der Waals surface area (Å²) < 4.78 is 15.7. The Labute approximate surface area is 174 Å². The van der Waals surface area contributed by atoms with Gasteiger partial charge in [-0.25, -0.2) is 4.79 Å². The normalized spacial score (nSPS) is 13.7. The van der Waals surface area contributed by atoms with Crippen molar-refractivity contribution < 1.29 is 23.8 Å². The molecule has 7 nitrogen and oxygen atoms in total. The highest BCUT2D eigenvalue weighted by atomic mass is 35.5. The van der Waals surface area contributed by atoms with Crippen LogP contribution in [0.3, 0.4) is 0 Å². The molecule has 1 saturated heterocycles. The predicted octanol–water partition coefficient (Wildman–Crippen LogP) is 3.05. The zero-order valence-corrected chi connectivity index (χ0v) is 16.9. The molecule has 0 bridgehead atoms. The Balaban J connectivity index is 1.40. The number of benzene rings is 2. The van der Waals surface area contributed by atoms with E-state index in [9.17, 15) is 9.59 Å². The highest BCUT2D eigenvalue weighted by Gasteiger charge is 2.12. The number of carbonyl (C=O) groups excluding carboxylic acids is 2. The maximum atomic E-state index is 12.0. The number of hydrogen-bond donors (Lipinski definition) is 1. The van der Waals surface area contributed by atoms with E-state index in [4.69, 9.17) is 25.8 Å². The largest absolute Gasteiger partial charge is 0.482 e. The zero-order chi connectivity index (χ0) is 20.6. The zero-order valence-electron chi connectivity index (χ0n) is 16.2. The summed E-state index contributed by atoms with van der Waals surface area (Å²) in [5, 5.41) is 3.29. The smallest absolute Gasteiger partial charge is 0.344 e. The van der Waals surface area contributed by atoms with E-state index < -0.39 is 11.9 Å². The molecule has 0 saturated carbocycles. The third-order valence-corrected chi connectivity index (χ3v) is 4.61. The van der Waals surface area contributed by atoms with E-state index in [1.54, 1.807) is 18.2 Å². The first-order chi connectivity index (χ1) is 14.0. The van der Waals surface area contributed by atoms with Crippen LogP contribution in [-0.4, -0.2) is 51.4 Å². The Hall–Kier alpha value is -2.77. The minimum absolute atomic E-state index is 0.288. The van der Waals surface area contributed by atoms with Gasteiger partial charge in [-0.1, -0.05) is 11.6 Å². The molecular formula is C21H23ClN2O5. The van der Waals surface area contributed by atoms with Crippen molar-refractivity contribution in [3.05, 3.63) is 53.1 Å². The van der Waals surface area contributed by atoms with E-state index in [1.165, 1.54) is 0 Å². The lowest BCUT2D eigenvalue weighted by atomic mass is 10.2. The third-order valence-electron chi connectivity index (χ3n) is 4.37. The monoisotopic (exact) mass is 418 g/mol. The molecule has 154 valence electrons. The lowest BCUT2D eigenvalue weighted by Gasteiger charge is -2.28. The summed E-state index contributed by atoms with van der Waals surface area (Å²) in [6, 6.07) is 12.6. The van der Waals surface area contributed by atoms with E-state index in [0.29, 0.717) is 29.7 Å². The molecule has 1 fully saturated rings. The molecule has 3 rings (SSSR count). The molecule has 0 unspecified atom stereocenters. The summed E-state index contributed by atoms with van der Waals surface area (Å²) in [5.74, 6) is -0.506. The lowest BCUT2D eigenvalue weighted by molar-refractivity contribution is -0.149. The Kier molecular flexibility index (Phi) is 7.32. The second-order valence-electron chi connectivity index (χ2n) is 6.55. The van der Waals surface area contributed by atoms with E-state index in [-0.39, 0.29) is 13.2 Å². The van der Waals surface area contributed by atoms with E-state index in [2.05, 4.69) is 10.2 Å². The SMILES string of the molecule is Cc1cc(Cl)ccc1OCC(=O)OCC(=O)Nc1ccc(N2CCOCC2)cc1. The van der Waals surface area contributed by atoms with Crippen LogP contribution in [0.5, 0.6) is 5.75 Å². The number of nitrogens with zero attached hydrogens (tertiary/aromatic N) is 1. The average Bonchev–Trinajstić information content (AvgIpc) is 2.73. The first-order valence-electron chi connectivity index (χ1n) is 9.28. The van der Waals surface area contributed by atoms with Crippen molar-refractivity contribution in [3.63, 3.8) is 0 Å². The van der Waals surface area contributed by atoms with Crippen molar-refractivity contribution in [2.24, 2.45) is 0 Å². The predicted molar refractivity (Wildman–Crippen MR) is 111 cm³/mol. The van der Waals surface area contributed by atoms with Gasteiger partial charge in [0.2, 0.25) is 0 Å². The summed E-state index contributed by atoms with van der Waals surface area (Å²) in [6.45, 7) is 4.27. The van der Waals surface area contributed by atoms with Crippen LogP contribution in [-0.2, 0) is 19.1 Å². The van der Waals surface area contributed by atoms with Gasteiger partial charge in [0.15, 0.2) is 13.2 Å². The first-order valence-corrected chi connectivity index (χ1v) is 9.66. The number of nitrogens with one attached hydrogen (secondary N) is 1. The summed E-state index contributed by atoms with van der Waals surface area (Å²) >= 11 is 5.88. The molecule has 0 spiro atoms. The minimum Gasteiger partial charge on any atom is -0.482 e. The molecule has 1 heterocycles. The van der Waals surface area contributed by atoms with Crippen LogP contribution in [0.25, 0.3) is 0 Å². The topological polar surface area (TPSA) is 77.1 Å². The third kappa shape index (κ3) is 6.37. The van der Waals surface area contributed by atoms with Crippen molar-refractivity contribution in [3.8, 4) is 5.75 Å². The van der Waals surface area contributed by atoms with E-state index >= 15 is 0 Å². The summed E-state index contributed by atoms with van der Waals surface area (Å²) in [5.41, 5.74) is 2.52. The maximum Gasteiger partial charge on any atom is 0.344 e. The van der Waals surface area contributed by atoms with Crippen molar-refractivity contribution in [1.82, 2.24) is 0 Å². The number of halogens is 1. The molecule has 0 aromatic heterocycles. The van der Waals surface area contributed by atoms with Crippen molar-refractivity contribution in [1.29, 1.82) is 0 Å². The van der Waals surface area contributed by atoms with Gasteiger partial charge in [0.1, 0.15) is 5.75 Å². The lowest BCUT2D eigenvalue weighted by Crippen LogP contribution is -2.36. The van der Waals surface area contributed by atoms with Crippen LogP contribution < -0.4 is 15.0 Å². The minimum atomic E-state index is -0.628. The average molecular weight is 419 g/mol. The van der Waals surface area contributed by atoms with Crippen LogP contribution in [0.1, 0.15) is 5.56 Å². The Morgan fingerprint density at radius 1 is 1.10 bits per heavy atom. The van der Waals surface area contributed by atoms with Crippen molar-refractivity contribution in [2.75, 3.05) is 49.7 Å². The molecule has 1 N–H and O–H groups in total. The number of amides is 1. The van der Waals surface area contributed by atoms with E-state index in [1.807, 2.05) is 31.2 Å². The number of carbonyl (C=O) groups is 2. The van der Waals surface area contributed by atoms with Gasteiger partial charge in [-0.15, -0.1) is 0 Å². The van der Waals surface area contributed by atoms with Gasteiger partial charge in [-0.2, -0.15) is 0 Å². The van der Waals surface area contributed by atoms with Gasteiger partial charge in [0.05, 0.1) is 13.2 Å². The number of anilines is 2. The highest BCUT2D eigenvalue weighted by molar-refractivity contribution is 6.30. The summed E-state index contributed by atoms with van der Waals surface area (Å²) in [7, 11) is 0. The van der Waals surface area contributed by atoms with Crippen LogP contribution in [0.2, 0.25) is 5.02 Å². The fraction of sp³-hybridized carbons (Fsp3) is 0.333. The van der Waals surface area contributed by atoms with Crippen molar-refractivity contribution >= 4 is 34.9 Å². The Morgan fingerprint density at radius 2 is 1.83 bits per heavy atom. The molecule has 0 radical (unpaired) electrons. The number of rotatable bonds is 7. The van der Waals surface area contributed by atoms with Crippen molar-refractivity contribution in [2.45, 2.75) is 6.92 Å². The van der Waals surface area contributed by atoms with Crippen LogP contribution in [0.15, 0.2) is 42.5 Å². The van der Waals surface area contributed by atoms with Crippen LogP contribution in [0.4, 0.5) is 11.4 Å². The number of ether oxygens (including phenoxy) is 3. The molecule has 0 aliphatic carbocycles. The number of esters is 1. The fourth-order valence-electron chi connectivity index (χ4n) is 2.87. The maximum absolute atomic E-state index is 12.0. The molecule has 0 atom stereocenters. The fourth-order valence-corrected chi connectivity index (χ4v) is 3.10. The van der Waals surface area contributed by atoms with Gasteiger partial charge >= 0.3 is 5.97 Å². The molecule has 1 aliphatic rings. The molecule has 1 aliphatic heterocycles. The summed E-state index contributed by atoms with van der Waals surface area (Å²) in [4.78, 5) is 26.0. The molecule has 8 heteroatoms. The van der Waals surface area contributed by atoms with Crippen LogP contribution >= 0.6 is 11.6 Å². The highest BCUT2D eigenvalue weighted by Crippen LogP contribution is 2.22. The van der Waals surface area contributed by atoms with Crippen LogP contribution in [0, 0.1) is 6.92 Å². The second kappa shape index (κ2) is 10.1. The number of hydrogen-bond acceptors (Lipinski definition) is 6. The second-order valence-corrected chi connectivity index (χ2v) is 6.99. The standard InChI is InChI=1S/C21H23ClN2O5/c1-15-12-16(22)2-7-19(15)28-14-21(26)29-13-20(25)23-17-3-5-18(6-4-17)24-8-10-27-11-9-24/h2-7,12H,8-11,13-14H2,1H3,(H,23,25). The molecule has 2 aromatic carbocycles. The van der Waals surface area contributed by atoms with Gasteiger partial charge in [0, 0.05) is 29.5 Å². The van der Waals surface area contributed by atoms with E-state index in [0.717, 1.165) is 24.3 Å². The Morgan fingerprint density at radius 3 is 2.52 bits per heavy atom. The molecular weight excluding hydrogens is 396 g/mol. The van der Waals surface area contributed by atoms with Gasteiger partial charge in [-0.05, 0) is 55.0 Å². The molecule has 29 heavy (non-hydrogen) atoms. The number of morpholine rings is 1. The van der Waals surface area contributed by atoms with Gasteiger partial charge < -0.3 is 24.4 Å².